The van der Waals surface area contributed by atoms with Gasteiger partial charge in [0.15, 0.2) is 5.13 Å². The molecule has 2 aromatic carbocycles. The average molecular weight is 464 g/mol. The van der Waals surface area contributed by atoms with Crippen LogP contribution in [0.4, 0.5) is 19.6 Å². The highest BCUT2D eigenvalue weighted by Gasteiger charge is 2.38. The zero-order chi connectivity index (χ0) is 22.9. The molecule has 0 radical (unpaired) electrons. The second kappa shape index (κ2) is 8.67. The number of rotatable bonds is 5. The summed E-state index contributed by atoms with van der Waals surface area (Å²) in [6, 6.07) is 15.3. The third-order valence-electron chi connectivity index (χ3n) is 5.49. The Hall–Kier alpha value is -3.72. The summed E-state index contributed by atoms with van der Waals surface area (Å²) in [5, 5.41) is 0.416. The molecule has 3 heterocycles. The van der Waals surface area contributed by atoms with Gasteiger partial charge < -0.3 is 4.90 Å². The van der Waals surface area contributed by atoms with Gasteiger partial charge in [0.1, 0.15) is 11.6 Å². The van der Waals surface area contributed by atoms with Crippen LogP contribution in [0.3, 0.4) is 0 Å². The van der Waals surface area contributed by atoms with Crippen LogP contribution in [0.2, 0.25) is 0 Å². The zero-order valence-electron chi connectivity index (χ0n) is 17.3. The minimum atomic E-state index is -0.602. The van der Waals surface area contributed by atoms with Crippen molar-refractivity contribution < 1.29 is 18.4 Å². The largest absolute Gasteiger partial charge is 0.312 e. The molecule has 166 valence electrons. The van der Waals surface area contributed by atoms with Crippen LogP contribution < -0.4 is 9.80 Å². The van der Waals surface area contributed by atoms with Gasteiger partial charge in [0, 0.05) is 24.8 Å². The minimum absolute atomic E-state index is 0.0362. The lowest BCUT2D eigenvalue weighted by Gasteiger charge is -2.23. The van der Waals surface area contributed by atoms with E-state index in [1.54, 1.807) is 24.4 Å². The monoisotopic (exact) mass is 464 g/mol. The molecule has 1 fully saturated rings. The molecule has 0 bridgehead atoms. The molecule has 0 N–H and O–H groups in total. The van der Waals surface area contributed by atoms with Crippen LogP contribution in [0.25, 0.3) is 10.2 Å². The quantitative estimate of drug-likeness (QED) is 0.435. The molecule has 1 saturated heterocycles. The van der Waals surface area contributed by atoms with Crippen molar-refractivity contribution in [2.45, 2.75) is 13.0 Å². The van der Waals surface area contributed by atoms with E-state index in [4.69, 9.17) is 0 Å². The number of carbonyl (C=O) groups excluding carboxylic acids is 2. The maximum absolute atomic E-state index is 13.7. The Morgan fingerprint density at radius 2 is 1.88 bits per heavy atom. The van der Waals surface area contributed by atoms with E-state index in [0.29, 0.717) is 26.7 Å². The highest BCUT2D eigenvalue weighted by Crippen LogP contribution is 2.33. The molecule has 0 spiro atoms. The maximum atomic E-state index is 13.7. The summed E-state index contributed by atoms with van der Waals surface area (Å²) in [5.74, 6) is -1.85. The number of pyridine rings is 1. The van der Waals surface area contributed by atoms with Gasteiger partial charge in [0.05, 0.1) is 28.4 Å². The highest BCUT2D eigenvalue weighted by molar-refractivity contribution is 7.22. The van der Waals surface area contributed by atoms with Crippen LogP contribution in [0.15, 0.2) is 66.9 Å². The molecule has 2 aromatic heterocycles. The molecule has 1 aliphatic heterocycles. The van der Waals surface area contributed by atoms with E-state index in [1.807, 2.05) is 6.07 Å². The topological polar surface area (TPSA) is 66.4 Å². The van der Waals surface area contributed by atoms with E-state index in [0.717, 1.165) is 0 Å². The smallest absolute Gasteiger partial charge is 0.234 e. The molecule has 2 amide bonds. The van der Waals surface area contributed by atoms with Crippen LogP contribution in [0.5, 0.6) is 0 Å². The van der Waals surface area contributed by atoms with Crippen LogP contribution in [-0.2, 0) is 16.1 Å². The van der Waals surface area contributed by atoms with Crippen LogP contribution >= 0.6 is 11.3 Å². The minimum Gasteiger partial charge on any atom is -0.312 e. The number of carbonyl (C=O) groups is 2. The summed E-state index contributed by atoms with van der Waals surface area (Å²) in [6.45, 7) is 0.352. The number of amides is 2. The van der Waals surface area contributed by atoms with E-state index >= 15 is 0 Å². The Labute approximate surface area is 192 Å². The van der Waals surface area contributed by atoms with Gasteiger partial charge in [-0.15, -0.1) is 0 Å². The molecule has 4 aromatic rings. The Balaban J connectivity index is 1.46. The normalized spacial score (nSPS) is 15.9. The maximum Gasteiger partial charge on any atom is 0.234 e. The molecule has 1 unspecified atom stereocenters. The lowest BCUT2D eigenvalue weighted by Crippen LogP contribution is -2.37. The molecule has 1 atom stereocenters. The lowest BCUT2D eigenvalue weighted by molar-refractivity contribution is -0.124. The Bertz CT molecular complexity index is 1330. The van der Waals surface area contributed by atoms with Gasteiger partial charge >= 0.3 is 0 Å². The zero-order valence-corrected chi connectivity index (χ0v) is 18.1. The number of fused-ring (bicyclic) bond motifs is 1. The second-order valence-corrected chi connectivity index (χ2v) is 8.74. The number of hydrogen-bond donors (Lipinski definition) is 0. The molecule has 9 heteroatoms. The molecular formula is C24H18F2N4O2S. The summed E-state index contributed by atoms with van der Waals surface area (Å²) in [6.07, 6.45) is 1.68. The first-order valence-corrected chi connectivity index (χ1v) is 11.1. The third kappa shape index (κ3) is 4.31. The van der Waals surface area contributed by atoms with Gasteiger partial charge in [-0.3, -0.25) is 19.5 Å². The molecule has 0 saturated carbocycles. The highest BCUT2D eigenvalue weighted by atomic mass is 32.1. The number of halogens is 2. The van der Waals surface area contributed by atoms with Gasteiger partial charge in [-0.2, -0.15) is 0 Å². The average Bonchev–Trinajstić information content (AvgIpc) is 3.41. The van der Waals surface area contributed by atoms with E-state index in [2.05, 4.69) is 9.97 Å². The second-order valence-electron chi connectivity index (χ2n) is 7.74. The predicted molar refractivity (Wildman–Crippen MR) is 122 cm³/mol. The summed E-state index contributed by atoms with van der Waals surface area (Å²) < 4.78 is 27.6. The van der Waals surface area contributed by atoms with Crippen molar-refractivity contribution >= 4 is 44.2 Å². The predicted octanol–water partition coefficient (Wildman–Crippen LogP) is 4.56. The first-order valence-electron chi connectivity index (χ1n) is 10.3. The molecular weight excluding hydrogens is 446 g/mol. The number of anilines is 2. The molecule has 1 aliphatic rings. The summed E-state index contributed by atoms with van der Waals surface area (Å²) in [7, 11) is 0. The number of nitrogens with zero attached hydrogens (tertiary/aromatic N) is 4. The Morgan fingerprint density at radius 3 is 2.64 bits per heavy atom. The molecule has 5 rings (SSSR count). The fraction of sp³-hybridized carbons (Fsp3) is 0.167. The Kier molecular flexibility index (Phi) is 5.55. The van der Waals surface area contributed by atoms with Gasteiger partial charge in [-0.25, -0.2) is 13.8 Å². The van der Waals surface area contributed by atoms with Crippen molar-refractivity contribution in [3.05, 3.63) is 84.2 Å². The van der Waals surface area contributed by atoms with Gasteiger partial charge in [-0.1, -0.05) is 17.4 Å². The number of hydrogen-bond acceptors (Lipinski definition) is 5. The van der Waals surface area contributed by atoms with Crippen molar-refractivity contribution in [2.24, 2.45) is 5.92 Å². The van der Waals surface area contributed by atoms with E-state index in [9.17, 15) is 18.4 Å². The SMILES string of the molecule is O=C1CC(C(=O)N(Cc2ccccn2)c2nc3ccc(F)cc3s2)CN1c1ccc(F)cc1. The lowest BCUT2D eigenvalue weighted by atomic mass is 10.1. The van der Waals surface area contributed by atoms with Crippen molar-refractivity contribution in [3.63, 3.8) is 0 Å². The van der Waals surface area contributed by atoms with Crippen molar-refractivity contribution in [3.8, 4) is 0 Å². The molecule has 6 nitrogen and oxygen atoms in total. The van der Waals surface area contributed by atoms with Crippen molar-refractivity contribution in [1.29, 1.82) is 0 Å². The van der Waals surface area contributed by atoms with Gasteiger partial charge in [0.2, 0.25) is 11.8 Å². The van der Waals surface area contributed by atoms with Gasteiger partial charge in [-0.05, 0) is 54.6 Å². The van der Waals surface area contributed by atoms with Gasteiger partial charge in [0.25, 0.3) is 0 Å². The van der Waals surface area contributed by atoms with Crippen molar-refractivity contribution in [2.75, 3.05) is 16.3 Å². The van der Waals surface area contributed by atoms with Crippen LogP contribution in [0, 0.1) is 17.6 Å². The standard InChI is InChI=1S/C24H18F2N4O2S/c25-16-4-7-19(8-5-16)29-13-15(11-22(29)31)23(32)30(14-18-3-1-2-10-27-18)24-28-20-9-6-17(26)12-21(20)33-24/h1-10,12,15H,11,13-14H2. The summed E-state index contributed by atoms with van der Waals surface area (Å²) in [4.78, 5) is 38.1. The van der Waals surface area contributed by atoms with E-state index in [-0.39, 0.29) is 37.1 Å². The first kappa shape index (κ1) is 21.1. The van der Waals surface area contributed by atoms with E-state index in [1.165, 1.54) is 57.5 Å². The first-order chi connectivity index (χ1) is 16.0. The van der Waals surface area contributed by atoms with Crippen LogP contribution in [-0.4, -0.2) is 28.3 Å². The Morgan fingerprint density at radius 1 is 1.09 bits per heavy atom. The van der Waals surface area contributed by atoms with Crippen molar-refractivity contribution in [1.82, 2.24) is 9.97 Å². The number of thiazole rings is 1. The fourth-order valence-corrected chi connectivity index (χ4v) is 4.85. The molecule has 33 heavy (non-hydrogen) atoms. The number of aromatic nitrogens is 2. The fourth-order valence-electron chi connectivity index (χ4n) is 3.86. The summed E-state index contributed by atoms with van der Waals surface area (Å²) in [5.41, 5.74) is 1.80. The van der Waals surface area contributed by atoms with Crippen LogP contribution in [0.1, 0.15) is 12.1 Å². The number of benzene rings is 2. The summed E-state index contributed by atoms with van der Waals surface area (Å²) >= 11 is 1.21. The van der Waals surface area contributed by atoms with E-state index < -0.39 is 11.7 Å². The molecule has 0 aliphatic carbocycles. The third-order valence-corrected chi connectivity index (χ3v) is 6.54.